The van der Waals surface area contributed by atoms with E-state index < -0.39 is 11.6 Å². The van der Waals surface area contributed by atoms with Gasteiger partial charge in [-0.15, -0.1) is 0 Å². The minimum atomic E-state index is -1.53. The molecule has 1 saturated carbocycles. The predicted octanol–water partition coefficient (Wildman–Crippen LogP) is 0.622. The number of carboxylic acid groups (broad SMARTS) is 1. The first-order valence-electron chi connectivity index (χ1n) is 3.36. The first kappa shape index (κ1) is 7.54. The second kappa shape index (κ2) is 1.72. The van der Waals surface area contributed by atoms with E-state index >= 15 is 0 Å². The van der Waals surface area contributed by atoms with Gasteiger partial charge in [0.1, 0.15) is 0 Å². The molecule has 1 atom stereocenters. The summed E-state index contributed by atoms with van der Waals surface area (Å²) in [6, 6.07) is 0. The fourth-order valence-electron chi connectivity index (χ4n) is 0.932. The highest BCUT2D eigenvalue weighted by atomic mass is 16.4. The van der Waals surface area contributed by atoms with Crippen LogP contribution in [0.3, 0.4) is 0 Å². The Hall–Kier alpha value is -0.570. The summed E-state index contributed by atoms with van der Waals surface area (Å²) in [5.74, 6) is -1.12. The summed E-state index contributed by atoms with van der Waals surface area (Å²) in [7, 11) is 0. The molecule has 0 spiro atoms. The van der Waals surface area contributed by atoms with Crippen LogP contribution in [0.25, 0.3) is 0 Å². The van der Waals surface area contributed by atoms with Crippen LogP contribution in [0.5, 0.6) is 0 Å². The Morgan fingerprint density at radius 2 is 2.00 bits per heavy atom. The van der Waals surface area contributed by atoms with Crippen molar-refractivity contribution >= 4 is 5.97 Å². The fraction of sp³-hybridized carbons (Fsp3) is 0.857. The molecule has 1 rings (SSSR count). The number of hydrogen-bond donors (Lipinski definition) is 2. The summed E-state index contributed by atoms with van der Waals surface area (Å²) in [6.45, 7) is 3.16. The van der Waals surface area contributed by atoms with Gasteiger partial charge in [0.25, 0.3) is 0 Å². The standard InChI is InChI=1S/C7H12O3/c1-6(3-4-6)7(2,10)5(8)9/h10H,3-4H2,1-2H3,(H,8,9). The van der Waals surface area contributed by atoms with E-state index in [-0.39, 0.29) is 5.41 Å². The molecule has 0 amide bonds. The lowest BCUT2D eigenvalue weighted by Crippen LogP contribution is -2.42. The highest BCUT2D eigenvalue weighted by Gasteiger charge is 2.56. The van der Waals surface area contributed by atoms with Crippen LogP contribution in [0, 0.1) is 5.41 Å². The van der Waals surface area contributed by atoms with Crippen LogP contribution in [0.15, 0.2) is 0 Å². The number of carbonyl (C=O) groups is 1. The lowest BCUT2D eigenvalue weighted by molar-refractivity contribution is -0.163. The molecule has 1 aliphatic carbocycles. The molecular weight excluding hydrogens is 132 g/mol. The van der Waals surface area contributed by atoms with E-state index in [4.69, 9.17) is 5.11 Å². The van der Waals surface area contributed by atoms with Crippen molar-refractivity contribution in [2.24, 2.45) is 5.41 Å². The Morgan fingerprint density at radius 3 is 2.10 bits per heavy atom. The first-order valence-corrected chi connectivity index (χ1v) is 3.36. The molecule has 0 heterocycles. The number of rotatable bonds is 2. The molecule has 0 bridgehead atoms. The van der Waals surface area contributed by atoms with Gasteiger partial charge in [-0.1, -0.05) is 6.92 Å². The maximum Gasteiger partial charge on any atom is 0.335 e. The van der Waals surface area contributed by atoms with Crippen LogP contribution in [0.4, 0.5) is 0 Å². The monoisotopic (exact) mass is 144 g/mol. The van der Waals surface area contributed by atoms with Crippen molar-refractivity contribution in [1.29, 1.82) is 0 Å². The second-order valence-corrected chi connectivity index (χ2v) is 3.44. The lowest BCUT2D eigenvalue weighted by Gasteiger charge is -2.24. The van der Waals surface area contributed by atoms with Crippen molar-refractivity contribution in [3.8, 4) is 0 Å². The molecule has 1 unspecified atom stereocenters. The van der Waals surface area contributed by atoms with Gasteiger partial charge in [-0.05, 0) is 19.8 Å². The highest BCUT2D eigenvalue weighted by molar-refractivity contribution is 5.78. The van der Waals surface area contributed by atoms with Gasteiger partial charge in [-0.3, -0.25) is 0 Å². The van der Waals surface area contributed by atoms with E-state index in [1.165, 1.54) is 6.92 Å². The molecule has 3 nitrogen and oxygen atoms in total. The number of hydrogen-bond acceptors (Lipinski definition) is 2. The predicted molar refractivity (Wildman–Crippen MR) is 35.6 cm³/mol. The van der Waals surface area contributed by atoms with E-state index in [2.05, 4.69) is 0 Å². The van der Waals surface area contributed by atoms with Gasteiger partial charge in [0.2, 0.25) is 0 Å². The first-order chi connectivity index (χ1) is 4.40. The maximum atomic E-state index is 10.5. The van der Waals surface area contributed by atoms with Crippen LogP contribution in [-0.2, 0) is 4.79 Å². The Balaban J connectivity index is 2.77. The Morgan fingerprint density at radius 1 is 1.60 bits per heavy atom. The topological polar surface area (TPSA) is 57.5 Å². The second-order valence-electron chi connectivity index (χ2n) is 3.44. The summed E-state index contributed by atoms with van der Waals surface area (Å²) in [4.78, 5) is 10.5. The zero-order valence-corrected chi connectivity index (χ0v) is 6.22. The third-order valence-electron chi connectivity index (χ3n) is 2.59. The molecule has 10 heavy (non-hydrogen) atoms. The molecule has 3 heteroatoms. The third kappa shape index (κ3) is 0.814. The van der Waals surface area contributed by atoms with Gasteiger partial charge in [-0.25, -0.2) is 4.79 Å². The Labute approximate surface area is 59.7 Å². The van der Waals surface area contributed by atoms with Gasteiger partial charge in [0, 0.05) is 5.41 Å². The molecule has 0 aromatic heterocycles. The lowest BCUT2D eigenvalue weighted by atomic mass is 9.88. The summed E-state index contributed by atoms with van der Waals surface area (Å²) in [6.07, 6.45) is 1.62. The van der Waals surface area contributed by atoms with Crippen LogP contribution < -0.4 is 0 Å². The van der Waals surface area contributed by atoms with Crippen molar-refractivity contribution in [2.45, 2.75) is 32.3 Å². The van der Waals surface area contributed by atoms with E-state index in [9.17, 15) is 9.90 Å². The van der Waals surface area contributed by atoms with Crippen molar-refractivity contribution in [3.63, 3.8) is 0 Å². The van der Waals surface area contributed by atoms with Crippen LogP contribution in [-0.4, -0.2) is 21.8 Å². The SMILES string of the molecule is CC1(C(C)(O)C(=O)O)CC1. The summed E-state index contributed by atoms with van der Waals surface area (Å²) in [5.41, 5.74) is -1.91. The van der Waals surface area contributed by atoms with E-state index in [1.54, 1.807) is 6.92 Å². The quantitative estimate of drug-likeness (QED) is 0.597. The molecule has 0 aromatic carbocycles. The van der Waals surface area contributed by atoms with Crippen molar-refractivity contribution in [2.75, 3.05) is 0 Å². The molecule has 1 aliphatic rings. The smallest absolute Gasteiger partial charge is 0.335 e. The molecule has 0 saturated heterocycles. The molecule has 2 N–H and O–H groups in total. The van der Waals surface area contributed by atoms with E-state index in [1.807, 2.05) is 0 Å². The van der Waals surface area contributed by atoms with Crippen LogP contribution in [0.2, 0.25) is 0 Å². The largest absolute Gasteiger partial charge is 0.479 e. The maximum absolute atomic E-state index is 10.5. The Bertz CT molecular complexity index is 168. The Kier molecular flexibility index (Phi) is 1.30. The third-order valence-corrected chi connectivity index (χ3v) is 2.59. The zero-order valence-electron chi connectivity index (χ0n) is 6.22. The van der Waals surface area contributed by atoms with Gasteiger partial charge >= 0.3 is 5.97 Å². The van der Waals surface area contributed by atoms with Crippen molar-refractivity contribution in [3.05, 3.63) is 0 Å². The number of aliphatic carboxylic acids is 1. The highest BCUT2D eigenvalue weighted by Crippen LogP contribution is 2.53. The van der Waals surface area contributed by atoms with E-state index in [0.717, 1.165) is 12.8 Å². The minimum absolute atomic E-state index is 0.376. The van der Waals surface area contributed by atoms with Gasteiger partial charge in [0.05, 0.1) is 0 Å². The van der Waals surface area contributed by atoms with Crippen LogP contribution in [0.1, 0.15) is 26.7 Å². The van der Waals surface area contributed by atoms with Gasteiger partial charge < -0.3 is 10.2 Å². The van der Waals surface area contributed by atoms with Crippen LogP contribution >= 0.6 is 0 Å². The van der Waals surface area contributed by atoms with E-state index in [0.29, 0.717) is 0 Å². The molecule has 0 aliphatic heterocycles. The summed E-state index contributed by atoms with van der Waals surface area (Å²) < 4.78 is 0. The number of aliphatic hydroxyl groups is 1. The minimum Gasteiger partial charge on any atom is -0.479 e. The van der Waals surface area contributed by atoms with Crippen molar-refractivity contribution < 1.29 is 15.0 Å². The molecule has 58 valence electrons. The molecule has 1 fully saturated rings. The summed E-state index contributed by atoms with van der Waals surface area (Å²) in [5, 5.41) is 18.0. The average molecular weight is 144 g/mol. The molecule has 0 radical (unpaired) electrons. The average Bonchev–Trinajstić information content (AvgIpc) is 2.48. The number of carboxylic acids is 1. The van der Waals surface area contributed by atoms with Crippen molar-refractivity contribution in [1.82, 2.24) is 0 Å². The molecule has 0 aromatic rings. The van der Waals surface area contributed by atoms with Gasteiger partial charge in [-0.2, -0.15) is 0 Å². The van der Waals surface area contributed by atoms with Gasteiger partial charge in [0.15, 0.2) is 5.60 Å². The fourth-order valence-corrected chi connectivity index (χ4v) is 0.932. The molecular formula is C7H12O3. The normalized spacial score (nSPS) is 27.1. The summed E-state index contributed by atoms with van der Waals surface area (Å²) >= 11 is 0. The zero-order chi connectivity index (χ0) is 7.99.